The van der Waals surface area contributed by atoms with Crippen molar-refractivity contribution in [1.82, 2.24) is 10.2 Å². The van der Waals surface area contributed by atoms with Crippen molar-refractivity contribution in [3.8, 4) is 5.75 Å². The van der Waals surface area contributed by atoms with Crippen molar-refractivity contribution in [3.05, 3.63) is 90.5 Å². The second-order valence-corrected chi connectivity index (χ2v) is 12.1. The number of carbonyl (C=O) groups excluding carboxylic acids is 2. The lowest BCUT2D eigenvalue weighted by molar-refractivity contribution is -0.141. The first kappa shape index (κ1) is 29.7. The number of hydrogen-bond acceptors (Lipinski definition) is 5. The number of sulfonamides is 1. The van der Waals surface area contributed by atoms with Gasteiger partial charge in [-0.3, -0.25) is 13.9 Å². The van der Waals surface area contributed by atoms with Crippen molar-refractivity contribution in [1.29, 1.82) is 0 Å². The van der Waals surface area contributed by atoms with Crippen molar-refractivity contribution in [2.24, 2.45) is 0 Å². The van der Waals surface area contributed by atoms with Crippen LogP contribution in [0.25, 0.3) is 0 Å². The van der Waals surface area contributed by atoms with Gasteiger partial charge in [0.15, 0.2) is 0 Å². The second kappa shape index (κ2) is 12.8. The lowest BCUT2D eigenvalue weighted by atomic mass is 10.1. The summed E-state index contributed by atoms with van der Waals surface area (Å²) in [4.78, 5) is 28.9. The Hall–Kier alpha value is -3.85. The van der Waals surface area contributed by atoms with E-state index >= 15 is 0 Å². The summed E-state index contributed by atoms with van der Waals surface area (Å²) in [5.74, 6) is -0.194. The molecule has 1 N–H and O–H groups in total. The summed E-state index contributed by atoms with van der Waals surface area (Å²) in [7, 11) is -2.53. The Labute approximate surface area is 231 Å². The molecule has 3 aromatic rings. The Morgan fingerprint density at radius 3 is 2.10 bits per heavy atom. The molecule has 39 heavy (non-hydrogen) atoms. The highest BCUT2D eigenvalue weighted by molar-refractivity contribution is 7.92. The minimum atomic E-state index is -4.08. The molecule has 0 bridgehead atoms. The van der Waals surface area contributed by atoms with Gasteiger partial charge in [0.05, 0.1) is 17.7 Å². The molecule has 1 unspecified atom stereocenters. The minimum absolute atomic E-state index is 0.0681. The van der Waals surface area contributed by atoms with Crippen LogP contribution in [-0.4, -0.2) is 50.4 Å². The maximum absolute atomic E-state index is 14.0. The molecule has 0 aliphatic heterocycles. The average molecular weight is 552 g/mol. The van der Waals surface area contributed by atoms with Crippen molar-refractivity contribution in [3.63, 3.8) is 0 Å². The molecule has 0 radical (unpaired) electrons. The predicted octanol–water partition coefficient (Wildman–Crippen LogP) is 4.61. The number of nitrogens with one attached hydrogen (secondary N) is 1. The van der Waals surface area contributed by atoms with Gasteiger partial charge in [-0.2, -0.15) is 0 Å². The zero-order valence-corrected chi connectivity index (χ0v) is 23.9. The summed E-state index contributed by atoms with van der Waals surface area (Å²) < 4.78 is 33.9. The molecule has 0 saturated heterocycles. The third-order valence-electron chi connectivity index (χ3n) is 6.03. The standard InChI is InChI=1S/C30H37N3O5S/c1-6-27(29(35)31-30(2,3)4)32(21-23-14-13-17-25(20-23)38-5)28(34)22-33(24-15-9-7-10-16-24)39(36,37)26-18-11-8-12-19-26/h7-20,27H,6,21-22H2,1-5H3,(H,31,35). The van der Waals surface area contributed by atoms with Crippen LogP contribution < -0.4 is 14.4 Å². The molecule has 1 atom stereocenters. The van der Waals surface area contributed by atoms with Crippen LogP contribution in [0.3, 0.4) is 0 Å². The van der Waals surface area contributed by atoms with Gasteiger partial charge in [0.25, 0.3) is 10.0 Å². The van der Waals surface area contributed by atoms with Crippen LogP contribution >= 0.6 is 0 Å². The summed E-state index contributed by atoms with van der Waals surface area (Å²) in [6, 6.07) is 22.9. The fourth-order valence-electron chi connectivity index (χ4n) is 4.18. The van der Waals surface area contributed by atoms with E-state index in [0.29, 0.717) is 17.9 Å². The Bertz CT molecular complexity index is 1360. The molecule has 0 fully saturated rings. The summed E-state index contributed by atoms with van der Waals surface area (Å²) in [6.45, 7) is 7.05. The fourth-order valence-corrected chi connectivity index (χ4v) is 5.62. The number of amides is 2. The third-order valence-corrected chi connectivity index (χ3v) is 7.81. The van der Waals surface area contributed by atoms with Crippen LogP contribution in [0, 0.1) is 0 Å². The molecule has 3 rings (SSSR count). The molecule has 9 heteroatoms. The van der Waals surface area contributed by atoms with E-state index in [1.165, 1.54) is 17.0 Å². The molecule has 0 heterocycles. The summed E-state index contributed by atoms with van der Waals surface area (Å²) >= 11 is 0. The van der Waals surface area contributed by atoms with E-state index in [1.54, 1.807) is 67.8 Å². The van der Waals surface area contributed by atoms with Gasteiger partial charge < -0.3 is 15.0 Å². The molecule has 0 aromatic heterocycles. The average Bonchev–Trinajstić information content (AvgIpc) is 2.91. The number of benzene rings is 3. The normalized spacial score (nSPS) is 12.3. The quantitative estimate of drug-likeness (QED) is 0.375. The lowest BCUT2D eigenvalue weighted by Crippen LogP contribution is -2.55. The van der Waals surface area contributed by atoms with Gasteiger partial charge in [-0.15, -0.1) is 0 Å². The zero-order chi connectivity index (χ0) is 28.6. The Morgan fingerprint density at radius 2 is 1.54 bits per heavy atom. The number of ether oxygens (including phenoxy) is 1. The Balaban J connectivity index is 2.05. The fraction of sp³-hybridized carbons (Fsp3) is 0.333. The number of nitrogens with zero attached hydrogens (tertiary/aromatic N) is 2. The van der Waals surface area contributed by atoms with E-state index in [1.807, 2.05) is 39.8 Å². The highest BCUT2D eigenvalue weighted by Crippen LogP contribution is 2.25. The van der Waals surface area contributed by atoms with Crippen molar-refractivity contribution >= 4 is 27.5 Å². The van der Waals surface area contributed by atoms with Gasteiger partial charge in [0, 0.05) is 12.1 Å². The molecule has 2 amide bonds. The van der Waals surface area contributed by atoms with Gasteiger partial charge in [-0.05, 0) is 69.2 Å². The van der Waals surface area contributed by atoms with E-state index in [4.69, 9.17) is 4.74 Å². The van der Waals surface area contributed by atoms with Gasteiger partial charge in [-0.25, -0.2) is 8.42 Å². The summed E-state index contributed by atoms with van der Waals surface area (Å²) in [6.07, 6.45) is 0.342. The molecular weight excluding hydrogens is 514 g/mol. The van der Waals surface area contributed by atoms with Crippen LogP contribution in [0.2, 0.25) is 0 Å². The van der Waals surface area contributed by atoms with E-state index < -0.39 is 34.1 Å². The lowest BCUT2D eigenvalue weighted by Gasteiger charge is -2.34. The van der Waals surface area contributed by atoms with Crippen LogP contribution in [0.15, 0.2) is 89.8 Å². The third kappa shape index (κ3) is 7.83. The molecule has 0 spiro atoms. The SMILES string of the molecule is CCC(C(=O)NC(C)(C)C)N(Cc1cccc(OC)c1)C(=O)CN(c1ccccc1)S(=O)(=O)c1ccccc1. The summed E-state index contributed by atoms with van der Waals surface area (Å²) in [5, 5.41) is 2.97. The van der Waals surface area contributed by atoms with E-state index in [0.717, 1.165) is 9.87 Å². The van der Waals surface area contributed by atoms with E-state index in [9.17, 15) is 18.0 Å². The van der Waals surface area contributed by atoms with Crippen LogP contribution in [-0.2, 0) is 26.2 Å². The number of carbonyl (C=O) groups is 2. The molecule has 0 aliphatic carbocycles. The van der Waals surface area contributed by atoms with Gasteiger partial charge >= 0.3 is 0 Å². The van der Waals surface area contributed by atoms with Gasteiger partial charge in [0.2, 0.25) is 11.8 Å². The second-order valence-electron chi connectivity index (χ2n) is 10.2. The summed E-state index contributed by atoms with van der Waals surface area (Å²) in [5.41, 5.74) is 0.590. The number of hydrogen-bond donors (Lipinski definition) is 1. The van der Waals surface area contributed by atoms with E-state index in [-0.39, 0.29) is 17.3 Å². The van der Waals surface area contributed by atoms with Gasteiger partial charge in [-0.1, -0.05) is 55.5 Å². The highest BCUT2D eigenvalue weighted by Gasteiger charge is 2.34. The first-order valence-electron chi connectivity index (χ1n) is 12.8. The largest absolute Gasteiger partial charge is 0.497 e. The first-order valence-corrected chi connectivity index (χ1v) is 14.3. The molecule has 8 nitrogen and oxygen atoms in total. The smallest absolute Gasteiger partial charge is 0.264 e. The van der Waals surface area contributed by atoms with Crippen LogP contribution in [0.1, 0.15) is 39.7 Å². The number of anilines is 1. The predicted molar refractivity (Wildman–Crippen MR) is 153 cm³/mol. The van der Waals surface area contributed by atoms with Crippen molar-refractivity contribution in [2.45, 2.75) is 57.1 Å². The van der Waals surface area contributed by atoms with Crippen molar-refractivity contribution < 1.29 is 22.7 Å². The Morgan fingerprint density at radius 1 is 0.923 bits per heavy atom. The molecule has 0 saturated carbocycles. The first-order chi connectivity index (χ1) is 18.5. The van der Waals surface area contributed by atoms with E-state index in [2.05, 4.69) is 5.32 Å². The minimum Gasteiger partial charge on any atom is -0.497 e. The topological polar surface area (TPSA) is 96.0 Å². The number of rotatable bonds is 11. The number of methoxy groups -OCH3 is 1. The molecular formula is C30H37N3O5S. The Kier molecular flexibility index (Phi) is 9.75. The van der Waals surface area contributed by atoms with Crippen molar-refractivity contribution in [2.75, 3.05) is 18.0 Å². The van der Waals surface area contributed by atoms with Gasteiger partial charge in [0.1, 0.15) is 18.3 Å². The number of para-hydroxylation sites is 1. The maximum atomic E-state index is 14.0. The molecule has 0 aliphatic rings. The highest BCUT2D eigenvalue weighted by atomic mass is 32.2. The van der Waals surface area contributed by atoms with Crippen LogP contribution in [0.5, 0.6) is 5.75 Å². The van der Waals surface area contributed by atoms with Crippen LogP contribution in [0.4, 0.5) is 5.69 Å². The molecule has 3 aromatic carbocycles. The molecule has 208 valence electrons. The zero-order valence-electron chi connectivity index (χ0n) is 23.1. The monoisotopic (exact) mass is 551 g/mol. The maximum Gasteiger partial charge on any atom is 0.264 e.